The normalized spacial score (nSPS) is 18.4. The number of likely N-dealkylation sites (tertiary alicyclic amines) is 1. The number of amidine groups is 1. The zero-order valence-electron chi connectivity index (χ0n) is 12.4. The smallest absolute Gasteiger partial charge is 0.253 e. The fourth-order valence-corrected chi connectivity index (χ4v) is 2.52. The molecule has 114 valence electrons. The molecule has 0 spiro atoms. The fraction of sp³-hybridized carbons (Fsp3) is 0.467. The van der Waals surface area contributed by atoms with Crippen LogP contribution in [0.1, 0.15) is 30.1 Å². The lowest BCUT2D eigenvalue weighted by molar-refractivity contribution is 0.0666. The maximum absolute atomic E-state index is 12.5. The second-order valence-electron chi connectivity index (χ2n) is 5.57. The topological polar surface area (TPSA) is 88.2 Å². The Hall–Kier alpha value is -2.24. The summed E-state index contributed by atoms with van der Waals surface area (Å²) in [4.78, 5) is 14.3. The van der Waals surface area contributed by atoms with Crippen LogP contribution in [0.3, 0.4) is 0 Å². The molecule has 1 aliphatic heterocycles. The van der Waals surface area contributed by atoms with Crippen molar-refractivity contribution in [3.8, 4) is 5.75 Å². The van der Waals surface area contributed by atoms with E-state index in [4.69, 9.17) is 15.7 Å². The number of hydrogen-bond donors (Lipinski definition) is 2. The highest BCUT2D eigenvalue weighted by Crippen LogP contribution is 2.31. The predicted octanol–water partition coefficient (Wildman–Crippen LogP) is 1.68. The van der Waals surface area contributed by atoms with E-state index in [1.807, 2.05) is 13.0 Å². The number of hydrogen-bond acceptors (Lipinski definition) is 4. The van der Waals surface area contributed by atoms with Gasteiger partial charge < -0.3 is 20.6 Å². The van der Waals surface area contributed by atoms with E-state index < -0.39 is 0 Å². The van der Waals surface area contributed by atoms with Crippen LogP contribution in [0.5, 0.6) is 5.75 Å². The van der Waals surface area contributed by atoms with Gasteiger partial charge in [0.2, 0.25) is 0 Å². The van der Waals surface area contributed by atoms with E-state index in [0.717, 1.165) is 0 Å². The van der Waals surface area contributed by atoms with Crippen LogP contribution in [0.25, 0.3) is 0 Å². The maximum Gasteiger partial charge on any atom is 0.253 e. The second-order valence-corrected chi connectivity index (χ2v) is 5.57. The number of amides is 1. The van der Waals surface area contributed by atoms with E-state index in [1.54, 1.807) is 30.2 Å². The molecular formula is C15H21N3O3. The molecule has 6 nitrogen and oxygen atoms in total. The molecule has 1 heterocycles. The molecule has 2 rings (SSSR count). The average Bonchev–Trinajstić information content (AvgIpc) is 2.54. The van der Waals surface area contributed by atoms with Crippen molar-refractivity contribution in [2.45, 2.75) is 19.8 Å². The van der Waals surface area contributed by atoms with Gasteiger partial charge in [0.25, 0.3) is 5.91 Å². The maximum atomic E-state index is 12.5. The molecule has 0 bridgehead atoms. The Morgan fingerprint density at radius 1 is 1.43 bits per heavy atom. The molecule has 1 aromatic rings. The lowest BCUT2D eigenvalue weighted by atomic mass is 9.79. The first-order valence-corrected chi connectivity index (χ1v) is 6.91. The van der Waals surface area contributed by atoms with Crippen LogP contribution in [0.4, 0.5) is 0 Å². The molecule has 0 atom stereocenters. The van der Waals surface area contributed by atoms with Gasteiger partial charge >= 0.3 is 0 Å². The van der Waals surface area contributed by atoms with Crippen LogP contribution in [-0.4, -0.2) is 42.0 Å². The third-order valence-corrected chi connectivity index (χ3v) is 4.20. The van der Waals surface area contributed by atoms with Gasteiger partial charge in [-0.1, -0.05) is 18.1 Å². The lowest BCUT2D eigenvalue weighted by Gasteiger charge is -2.38. The van der Waals surface area contributed by atoms with Gasteiger partial charge in [0.15, 0.2) is 0 Å². The van der Waals surface area contributed by atoms with Crippen molar-refractivity contribution in [2.75, 3.05) is 20.2 Å². The zero-order chi connectivity index (χ0) is 15.5. The number of piperidine rings is 1. The summed E-state index contributed by atoms with van der Waals surface area (Å²) in [5, 5.41) is 11.9. The lowest BCUT2D eigenvalue weighted by Crippen LogP contribution is -2.47. The summed E-state index contributed by atoms with van der Waals surface area (Å²) < 4.78 is 5.14. The van der Waals surface area contributed by atoms with Gasteiger partial charge in [-0.2, -0.15) is 0 Å². The summed E-state index contributed by atoms with van der Waals surface area (Å²) in [6, 6.07) is 7.13. The Balaban J connectivity index is 2.06. The Labute approximate surface area is 124 Å². The minimum absolute atomic E-state index is 0.0181. The molecule has 0 radical (unpaired) electrons. The SMILES string of the molecule is COc1cccc(C(=O)N2CCC(C)(/C(N)=N/O)CC2)c1. The highest BCUT2D eigenvalue weighted by Gasteiger charge is 2.35. The Morgan fingerprint density at radius 2 is 2.10 bits per heavy atom. The van der Waals surface area contributed by atoms with Crippen molar-refractivity contribution in [2.24, 2.45) is 16.3 Å². The van der Waals surface area contributed by atoms with Crippen LogP contribution in [0, 0.1) is 5.41 Å². The van der Waals surface area contributed by atoms with E-state index in [9.17, 15) is 4.79 Å². The standard InChI is InChI=1S/C15H21N3O3/c1-15(14(16)17-20)6-8-18(9-7-15)13(19)11-4-3-5-12(10-11)21-2/h3-5,10,20H,6-9H2,1-2H3,(H2,16,17). The number of methoxy groups -OCH3 is 1. The molecule has 1 saturated heterocycles. The van der Waals surface area contributed by atoms with Crippen molar-refractivity contribution in [1.82, 2.24) is 4.90 Å². The highest BCUT2D eigenvalue weighted by atomic mass is 16.5. The van der Waals surface area contributed by atoms with Gasteiger partial charge in [0, 0.05) is 24.1 Å². The molecule has 1 fully saturated rings. The number of ether oxygens (including phenoxy) is 1. The van der Waals surface area contributed by atoms with Gasteiger partial charge in [-0.15, -0.1) is 0 Å². The van der Waals surface area contributed by atoms with E-state index >= 15 is 0 Å². The van der Waals surface area contributed by atoms with E-state index in [-0.39, 0.29) is 17.2 Å². The van der Waals surface area contributed by atoms with Crippen LogP contribution in [0.2, 0.25) is 0 Å². The van der Waals surface area contributed by atoms with Crippen molar-refractivity contribution in [1.29, 1.82) is 0 Å². The number of nitrogens with zero attached hydrogens (tertiary/aromatic N) is 2. The first-order valence-electron chi connectivity index (χ1n) is 6.91. The molecule has 0 saturated carbocycles. The van der Waals surface area contributed by atoms with Gasteiger partial charge in [0.1, 0.15) is 11.6 Å². The van der Waals surface area contributed by atoms with Gasteiger partial charge in [-0.3, -0.25) is 4.79 Å². The van der Waals surface area contributed by atoms with E-state index in [2.05, 4.69) is 5.16 Å². The molecule has 0 aromatic heterocycles. The summed E-state index contributed by atoms with van der Waals surface area (Å²) in [5.74, 6) is 0.880. The number of carbonyl (C=O) groups excluding carboxylic acids is 1. The van der Waals surface area contributed by atoms with Crippen molar-refractivity contribution in [3.05, 3.63) is 29.8 Å². The molecule has 1 aliphatic rings. The summed E-state index contributed by atoms with van der Waals surface area (Å²) >= 11 is 0. The summed E-state index contributed by atoms with van der Waals surface area (Å²) in [5.41, 5.74) is 6.00. The molecule has 3 N–H and O–H groups in total. The monoisotopic (exact) mass is 291 g/mol. The van der Waals surface area contributed by atoms with Crippen LogP contribution < -0.4 is 10.5 Å². The van der Waals surface area contributed by atoms with Crippen molar-refractivity contribution < 1.29 is 14.7 Å². The summed E-state index contributed by atoms with van der Waals surface area (Å²) in [7, 11) is 1.58. The molecule has 1 aromatic carbocycles. The zero-order valence-corrected chi connectivity index (χ0v) is 12.4. The average molecular weight is 291 g/mol. The molecular weight excluding hydrogens is 270 g/mol. The van der Waals surface area contributed by atoms with Gasteiger partial charge in [0.05, 0.1) is 7.11 Å². The number of oxime groups is 1. The predicted molar refractivity (Wildman–Crippen MR) is 79.6 cm³/mol. The molecule has 0 unspecified atom stereocenters. The van der Waals surface area contributed by atoms with Crippen molar-refractivity contribution in [3.63, 3.8) is 0 Å². The van der Waals surface area contributed by atoms with Gasteiger partial charge in [-0.25, -0.2) is 0 Å². The number of benzene rings is 1. The molecule has 0 aliphatic carbocycles. The minimum atomic E-state index is -0.347. The first-order chi connectivity index (χ1) is 10.00. The number of carbonyl (C=O) groups is 1. The largest absolute Gasteiger partial charge is 0.497 e. The molecule has 21 heavy (non-hydrogen) atoms. The van der Waals surface area contributed by atoms with Gasteiger partial charge in [-0.05, 0) is 31.0 Å². The highest BCUT2D eigenvalue weighted by molar-refractivity contribution is 5.95. The Morgan fingerprint density at radius 3 is 2.67 bits per heavy atom. The third-order valence-electron chi connectivity index (χ3n) is 4.20. The minimum Gasteiger partial charge on any atom is -0.497 e. The molecule has 6 heteroatoms. The fourth-order valence-electron chi connectivity index (χ4n) is 2.52. The Kier molecular flexibility index (Phi) is 4.35. The number of rotatable bonds is 3. The van der Waals surface area contributed by atoms with Crippen LogP contribution >= 0.6 is 0 Å². The summed E-state index contributed by atoms with van der Waals surface area (Å²) in [6.07, 6.45) is 1.36. The van der Waals surface area contributed by atoms with Crippen molar-refractivity contribution >= 4 is 11.7 Å². The summed E-state index contributed by atoms with van der Waals surface area (Å²) in [6.45, 7) is 3.13. The number of nitrogens with two attached hydrogens (primary N) is 1. The van der Waals surface area contributed by atoms with E-state index in [1.165, 1.54) is 0 Å². The van der Waals surface area contributed by atoms with Crippen LogP contribution in [-0.2, 0) is 0 Å². The molecule has 1 amide bonds. The second kappa shape index (κ2) is 6.03. The van der Waals surface area contributed by atoms with Crippen LogP contribution in [0.15, 0.2) is 29.4 Å². The Bertz CT molecular complexity index is 549. The quantitative estimate of drug-likeness (QED) is 0.384. The van der Waals surface area contributed by atoms with E-state index in [0.29, 0.717) is 37.2 Å². The first kappa shape index (κ1) is 15.2. The third kappa shape index (κ3) is 3.09.